The van der Waals surface area contributed by atoms with Gasteiger partial charge >= 0.3 is 0 Å². The monoisotopic (exact) mass is 271 g/mol. The van der Waals surface area contributed by atoms with Crippen molar-refractivity contribution < 1.29 is 9.84 Å². The van der Waals surface area contributed by atoms with E-state index in [1.807, 2.05) is 33.8 Å². The van der Waals surface area contributed by atoms with Gasteiger partial charge in [0.2, 0.25) is 0 Å². The maximum Gasteiger partial charge on any atom is 0.125 e. The quantitative estimate of drug-likeness (QED) is 0.865. The van der Waals surface area contributed by atoms with E-state index in [0.717, 1.165) is 23.2 Å². The second-order valence-electron chi connectivity index (χ2n) is 4.54. The van der Waals surface area contributed by atoms with Crippen LogP contribution < -0.4 is 10.1 Å². The molecule has 0 amide bonds. The molecule has 1 rings (SSSR count). The summed E-state index contributed by atoms with van der Waals surface area (Å²) in [6.07, 6.45) is -0.641. The summed E-state index contributed by atoms with van der Waals surface area (Å²) < 4.78 is 5.37. The molecule has 0 radical (unpaired) electrons. The molecule has 2 unspecified atom stereocenters. The Morgan fingerprint density at radius 1 is 1.44 bits per heavy atom. The summed E-state index contributed by atoms with van der Waals surface area (Å²) in [6, 6.07) is 1.81. The number of aliphatic hydroxyl groups is 1. The number of ether oxygens (including phenoxy) is 1. The van der Waals surface area contributed by atoms with Crippen molar-refractivity contribution in [1.82, 2.24) is 5.32 Å². The lowest BCUT2D eigenvalue weighted by Gasteiger charge is -2.24. The summed E-state index contributed by atoms with van der Waals surface area (Å²) >= 11 is 6.25. The number of hydrogen-bond donors (Lipinski definition) is 2. The normalized spacial score (nSPS) is 14.4. The largest absolute Gasteiger partial charge is 0.496 e. The van der Waals surface area contributed by atoms with E-state index in [4.69, 9.17) is 16.3 Å². The Hall–Kier alpha value is -0.770. The van der Waals surface area contributed by atoms with Crippen molar-refractivity contribution in [3.63, 3.8) is 0 Å². The molecule has 102 valence electrons. The molecular weight excluding hydrogens is 250 g/mol. The molecule has 0 bridgehead atoms. The van der Waals surface area contributed by atoms with Crippen LogP contribution in [0.25, 0.3) is 0 Å². The summed E-state index contributed by atoms with van der Waals surface area (Å²) in [5.74, 6) is 0.687. The second kappa shape index (κ2) is 6.41. The number of benzene rings is 1. The number of methoxy groups -OCH3 is 1. The Morgan fingerprint density at radius 3 is 2.56 bits per heavy atom. The van der Waals surface area contributed by atoms with Crippen LogP contribution in [-0.4, -0.2) is 24.8 Å². The fourth-order valence-corrected chi connectivity index (χ4v) is 2.31. The van der Waals surface area contributed by atoms with E-state index in [-0.39, 0.29) is 6.04 Å². The van der Waals surface area contributed by atoms with E-state index < -0.39 is 6.10 Å². The number of aryl methyl sites for hydroxylation is 1. The number of nitrogens with one attached hydrogen (secondary N) is 1. The molecule has 0 aliphatic heterocycles. The zero-order chi connectivity index (χ0) is 13.9. The molecular formula is C14H22ClNO2. The first-order valence-corrected chi connectivity index (χ1v) is 6.56. The minimum atomic E-state index is -0.641. The van der Waals surface area contributed by atoms with Gasteiger partial charge in [0.15, 0.2) is 0 Å². The third-order valence-corrected chi connectivity index (χ3v) is 3.79. The molecule has 0 aliphatic rings. The van der Waals surface area contributed by atoms with Crippen LogP contribution in [0.2, 0.25) is 5.02 Å². The number of likely N-dealkylation sites (N-methyl/N-ethyl adjacent to an activating group) is 1. The third kappa shape index (κ3) is 2.97. The van der Waals surface area contributed by atoms with Gasteiger partial charge in [0, 0.05) is 16.6 Å². The Kier molecular flexibility index (Phi) is 5.45. The molecule has 0 fully saturated rings. The highest BCUT2D eigenvalue weighted by Gasteiger charge is 2.23. The van der Waals surface area contributed by atoms with Gasteiger partial charge in [-0.25, -0.2) is 0 Å². The summed E-state index contributed by atoms with van der Waals surface area (Å²) in [6.45, 7) is 8.60. The summed E-state index contributed by atoms with van der Waals surface area (Å²) in [5.41, 5.74) is 2.60. The average molecular weight is 272 g/mol. The van der Waals surface area contributed by atoms with Crippen LogP contribution in [0.5, 0.6) is 5.75 Å². The lowest BCUT2D eigenvalue weighted by Crippen LogP contribution is -2.32. The predicted octanol–water partition coefficient (Wildman–Crippen LogP) is 3.00. The van der Waals surface area contributed by atoms with Crippen LogP contribution in [0.1, 0.15) is 36.6 Å². The van der Waals surface area contributed by atoms with Crippen molar-refractivity contribution in [3.8, 4) is 5.75 Å². The highest BCUT2D eigenvalue weighted by molar-refractivity contribution is 6.32. The van der Waals surface area contributed by atoms with E-state index in [1.165, 1.54) is 0 Å². The molecule has 18 heavy (non-hydrogen) atoms. The van der Waals surface area contributed by atoms with Gasteiger partial charge in [0.1, 0.15) is 5.75 Å². The van der Waals surface area contributed by atoms with Gasteiger partial charge in [0.05, 0.1) is 13.2 Å². The predicted molar refractivity (Wildman–Crippen MR) is 75.6 cm³/mol. The topological polar surface area (TPSA) is 41.5 Å². The Labute approximate surface area is 114 Å². The first-order chi connectivity index (χ1) is 8.43. The van der Waals surface area contributed by atoms with E-state index in [0.29, 0.717) is 10.8 Å². The molecule has 0 saturated carbocycles. The molecule has 4 heteroatoms. The van der Waals surface area contributed by atoms with Crippen molar-refractivity contribution in [2.45, 2.75) is 39.8 Å². The fraction of sp³-hybridized carbons (Fsp3) is 0.571. The van der Waals surface area contributed by atoms with Crippen molar-refractivity contribution in [2.75, 3.05) is 13.7 Å². The smallest absolute Gasteiger partial charge is 0.125 e. The zero-order valence-electron chi connectivity index (χ0n) is 11.7. The number of halogens is 1. The van der Waals surface area contributed by atoms with Crippen LogP contribution in [-0.2, 0) is 0 Å². The van der Waals surface area contributed by atoms with Crippen molar-refractivity contribution >= 4 is 11.6 Å². The highest BCUT2D eigenvalue weighted by Crippen LogP contribution is 2.36. The molecule has 0 aromatic heterocycles. The van der Waals surface area contributed by atoms with Gasteiger partial charge in [-0.3, -0.25) is 0 Å². The van der Waals surface area contributed by atoms with Crippen LogP contribution >= 0.6 is 11.6 Å². The van der Waals surface area contributed by atoms with Crippen LogP contribution in [0, 0.1) is 13.8 Å². The molecule has 0 saturated heterocycles. The second-order valence-corrected chi connectivity index (χ2v) is 4.92. The van der Waals surface area contributed by atoms with Crippen molar-refractivity contribution in [3.05, 3.63) is 27.8 Å². The first-order valence-electron chi connectivity index (χ1n) is 6.19. The summed E-state index contributed by atoms with van der Waals surface area (Å²) in [5, 5.41) is 14.3. The average Bonchev–Trinajstić information content (AvgIpc) is 2.35. The van der Waals surface area contributed by atoms with E-state index in [2.05, 4.69) is 5.32 Å². The van der Waals surface area contributed by atoms with E-state index in [9.17, 15) is 5.11 Å². The molecule has 0 spiro atoms. The minimum absolute atomic E-state index is 0.0543. The standard InChI is InChI=1S/C14H22ClNO2/c1-6-16-10(4)14(17)12-9(3)13(15)8(2)7-11(12)18-5/h7,10,14,16-17H,6H2,1-5H3. The molecule has 0 heterocycles. The fourth-order valence-electron chi connectivity index (χ4n) is 2.16. The molecule has 2 N–H and O–H groups in total. The molecule has 1 aromatic carbocycles. The highest BCUT2D eigenvalue weighted by atomic mass is 35.5. The zero-order valence-corrected chi connectivity index (χ0v) is 12.4. The van der Waals surface area contributed by atoms with Gasteiger partial charge in [-0.2, -0.15) is 0 Å². The van der Waals surface area contributed by atoms with Gasteiger partial charge in [-0.1, -0.05) is 18.5 Å². The van der Waals surface area contributed by atoms with Crippen LogP contribution in [0.4, 0.5) is 0 Å². The lowest BCUT2D eigenvalue weighted by atomic mass is 9.95. The van der Waals surface area contributed by atoms with E-state index in [1.54, 1.807) is 7.11 Å². The number of hydrogen-bond acceptors (Lipinski definition) is 3. The van der Waals surface area contributed by atoms with Crippen LogP contribution in [0.3, 0.4) is 0 Å². The number of aliphatic hydroxyl groups excluding tert-OH is 1. The van der Waals surface area contributed by atoms with Gasteiger partial charge in [-0.15, -0.1) is 0 Å². The minimum Gasteiger partial charge on any atom is -0.496 e. The van der Waals surface area contributed by atoms with E-state index >= 15 is 0 Å². The summed E-state index contributed by atoms with van der Waals surface area (Å²) in [4.78, 5) is 0. The number of rotatable bonds is 5. The Bertz CT molecular complexity index is 421. The SMILES string of the molecule is CCNC(C)C(O)c1c(OC)cc(C)c(Cl)c1C. The van der Waals surface area contributed by atoms with Gasteiger partial charge < -0.3 is 15.2 Å². The molecule has 3 nitrogen and oxygen atoms in total. The first kappa shape index (κ1) is 15.3. The summed E-state index contributed by atoms with van der Waals surface area (Å²) in [7, 11) is 1.61. The maximum absolute atomic E-state index is 10.4. The third-order valence-electron chi connectivity index (χ3n) is 3.21. The Morgan fingerprint density at radius 2 is 2.06 bits per heavy atom. The van der Waals surface area contributed by atoms with Crippen molar-refractivity contribution in [1.29, 1.82) is 0 Å². The molecule has 0 aliphatic carbocycles. The van der Waals surface area contributed by atoms with Gasteiger partial charge in [0.25, 0.3) is 0 Å². The lowest BCUT2D eigenvalue weighted by molar-refractivity contribution is 0.133. The maximum atomic E-state index is 10.4. The Balaban J connectivity index is 3.25. The molecule has 1 aromatic rings. The molecule has 2 atom stereocenters. The van der Waals surface area contributed by atoms with Crippen molar-refractivity contribution in [2.24, 2.45) is 0 Å². The van der Waals surface area contributed by atoms with Crippen LogP contribution in [0.15, 0.2) is 6.07 Å². The van der Waals surface area contributed by atoms with Gasteiger partial charge in [-0.05, 0) is 44.5 Å².